The highest BCUT2D eigenvalue weighted by molar-refractivity contribution is 6.02. The maximum Gasteiger partial charge on any atom is 0.252 e. The fourth-order valence-electron chi connectivity index (χ4n) is 4.32. The lowest BCUT2D eigenvalue weighted by atomic mass is 9.80. The summed E-state index contributed by atoms with van der Waals surface area (Å²) in [7, 11) is 0. The summed E-state index contributed by atoms with van der Waals surface area (Å²) in [6.45, 7) is 7.38. The molecule has 0 spiro atoms. The van der Waals surface area contributed by atoms with E-state index >= 15 is 0 Å². The van der Waals surface area contributed by atoms with Gasteiger partial charge in [0, 0.05) is 24.3 Å². The number of hydrogen-bond donors (Lipinski definition) is 3. The molecule has 3 aromatic rings. The van der Waals surface area contributed by atoms with Crippen LogP contribution < -0.4 is 16.8 Å². The van der Waals surface area contributed by atoms with Gasteiger partial charge in [-0.25, -0.2) is 4.52 Å². The summed E-state index contributed by atoms with van der Waals surface area (Å²) >= 11 is 0. The molecule has 1 unspecified atom stereocenters. The number of carbonyl (C=O) groups is 1. The average molecular weight is 392 g/mol. The normalized spacial score (nSPS) is 20.8. The SMILES string of the molecule is CC1CC[C@@H](Nc2c(C(N)=O)cnn3cc(-c4ccc(CN)cc4)cc23)C1(C)C. The summed E-state index contributed by atoms with van der Waals surface area (Å²) < 4.78 is 1.81. The maximum atomic E-state index is 12.1. The van der Waals surface area contributed by atoms with E-state index in [1.807, 2.05) is 22.8 Å². The number of anilines is 1. The van der Waals surface area contributed by atoms with Crippen LogP contribution in [0.3, 0.4) is 0 Å². The second-order valence-electron chi connectivity index (χ2n) is 8.75. The first-order valence-corrected chi connectivity index (χ1v) is 10.2. The third kappa shape index (κ3) is 3.38. The standard InChI is InChI=1S/C23H29N5O/c1-14-4-9-20(23(14,2)3)27-21-18(22(25)29)12-26-28-13-17(10-19(21)28)16-7-5-15(11-24)6-8-16/h5-8,10,12-14,20,27H,4,9,11,24H2,1-3H3,(H2,25,29)/t14?,20-/m1/s1. The molecule has 6 nitrogen and oxygen atoms in total. The Labute approximate surface area is 171 Å². The molecule has 0 bridgehead atoms. The molecule has 4 rings (SSSR count). The van der Waals surface area contributed by atoms with Crippen LogP contribution in [0.25, 0.3) is 16.6 Å². The Hall–Kier alpha value is -2.86. The number of nitrogens with two attached hydrogens (primary N) is 2. The molecule has 1 amide bonds. The zero-order chi connectivity index (χ0) is 20.8. The lowest BCUT2D eigenvalue weighted by Crippen LogP contribution is -2.35. The zero-order valence-corrected chi connectivity index (χ0v) is 17.3. The van der Waals surface area contributed by atoms with Gasteiger partial charge >= 0.3 is 0 Å². The molecule has 1 aliphatic carbocycles. The van der Waals surface area contributed by atoms with Gasteiger partial charge in [0.2, 0.25) is 0 Å². The van der Waals surface area contributed by atoms with Crippen molar-refractivity contribution < 1.29 is 4.79 Å². The molecule has 2 heterocycles. The largest absolute Gasteiger partial charge is 0.379 e. The zero-order valence-electron chi connectivity index (χ0n) is 17.3. The second kappa shape index (κ2) is 7.19. The van der Waals surface area contributed by atoms with Gasteiger partial charge in [0.1, 0.15) is 0 Å². The van der Waals surface area contributed by atoms with Crippen LogP contribution >= 0.6 is 0 Å². The van der Waals surface area contributed by atoms with E-state index in [0.717, 1.165) is 40.7 Å². The van der Waals surface area contributed by atoms with Gasteiger partial charge in [-0.3, -0.25) is 4.79 Å². The Morgan fingerprint density at radius 2 is 1.97 bits per heavy atom. The van der Waals surface area contributed by atoms with Crippen LogP contribution in [0.2, 0.25) is 0 Å². The summed E-state index contributed by atoms with van der Waals surface area (Å²) in [5, 5.41) is 8.08. The third-order valence-corrected chi connectivity index (χ3v) is 6.80. The van der Waals surface area contributed by atoms with Gasteiger partial charge in [-0.15, -0.1) is 0 Å². The summed E-state index contributed by atoms with van der Waals surface area (Å²) in [5.41, 5.74) is 16.8. The molecule has 2 atom stereocenters. The number of carbonyl (C=O) groups excluding carboxylic acids is 1. The number of nitrogens with one attached hydrogen (secondary N) is 1. The lowest BCUT2D eigenvalue weighted by molar-refractivity contribution is 0.100. The minimum atomic E-state index is -0.471. The van der Waals surface area contributed by atoms with Crippen LogP contribution in [-0.4, -0.2) is 21.6 Å². The highest BCUT2D eigenvalue weighted by Gasteiger charge is 2.41. The molecule has 5 N–H and O–H groups in total. The van der Waals surface area contributed by atoms with E-state index in [0.29, 0.717) is 18.0 Å². The van der Waals surface area contributed by atoms with E-state index in [1.54, 1.807) is 6.20 Å². The van der Waals surface area contributed by atoms with Gasteiger partial charge in [-0.2, -0.15) is 5.10 Å². The fraction of sp³-hybridized carbons (Fsp3) is 0.391. The first-order valence-electron chi connectivity index (χ1n) is 10.2. The minimum absolute atomic E-state index is 0.128. The molecule has 6 heteroatoms. The van der Waals surface area contributed by atoms with Crippen LogP contribution in [0.5, 0.6) is 0 Å². The summed E-state index contributed by atoms with van der Waals surface area (Å²) in [5.74, 6) is 0.139. The van der Waals surface area contributed by atoms with Gasteiger partial charge < -0.3 is 16.8 Å². The van der Waals surface area contributed by atoms with Crippen LogP contribution in [0, 0.1) is 11.3 Å². The number of amides is 1. The second-order valence-corrected chi connectivity index (χ2v) is 8.75. The Kier molecular flexibility index (Phi) is 4.82. The van der Waals surface area contributed by atoms with Crippen LogP contribution in [-0.2, 0) is 6.54 Å². The Bertz CT molecular complexity index is 1050. The molecular weight excluding hydrogens is 362 g/mol. The van der Waals surface area contributed by atoms with Crippen LogP contribution in [0.15, 0.2) is 42.7 Å². The lowest BCUT2D eigenvalue weighted by Gasteiger charge is -2.33. The van der Waals surface area contributed by atoms with Crippen molar-refractivity contribution in [2.45, 2.75) is 46.2 Å². The monoisotopic (exact) mass is 391 g/mol. The molecule has 1 saturated carbocycles. The highest BCUT2D eigenvalue weighted by atomic mass is 16.1. The summed E-state index contributed by atoms with van der Waals surface area (Å²) in [6, 6.07) is 10.5. The minimum Gasteiger partial charge on any atom is -0.379 e. The topological polar surface area (TPSA) is 98.4 Å². The quantitative estimate of drug-likeness (QED) is 0.616. The highest BCUT2D eigenvalue weighted by Crippen LogP contribution is 2.44. The van der Waals surface area contributed by atoms with Crippen molar-refractivity contribution >= 4 is 17.1 Å². The Morgan fingerprint density at radius 1 is 1.24 bits per heavy atom. The molecule has 1 aromatic carbocycles. The van der Waals surface area contributed by atoms with E-state index in [4.69, 9.17) is 11.5 Å². The van der Waals surface area contributed by atoms with E-state index in [-0.39, 0.29) is 11.5 Å². The number of benzene rings is 1. The number of aromatic nitrogens is 2. The van der Waals surface area contributed by atoms with Crippen molar-refractivity contribution in [3.05, 3.63) is 53.9 Å². The molecule has 0 saturated heterocycles. The van der Waals surface area contributed by atoms with E-state index in [9.17, 15) is 4.79 Å². The molecule has 2 aromatic heterocycles. The van der Waals surface area contributed by atoms with Crippen molar-refractivity contribution in [2.24, 2.45) is 22.8 Å². The predicted octanol–water partition coefficient (Wildman–Crippen LogP) is 3.80. The third-order valence-electron chi connectivity index (χ3n) is 6.80. The van der Waals surface area contributed by atoms with Gasteiger partial charge in [0.15, 0.2) is 0 Å². The number of hydrogen-bond acceptors (Lipinski definition) is 4. The predicted molar refractivity (Wildman–Crippen MR) is 117 cm³/mol. The van der Waals surface area contributed by atoms with Crippen molar-refractivity contribution in [3.8, 4) is 11.1 Å². The maximum absolute atomic E-state index is 12.1. The molecule has 0 aliphatic heterocycles. The van der Waals surface area contributed by atoms with Crippen molar-refractivity contribution in [2.75, 3.05) is 5.32 Å². The molecule has 0 radical (unpaired) electrons. The first-order chi connectivity index (χ1) is 13.8. The fourth-order valence-corrected chi connectivity index (χ4v) is 4.32. The first kappa shape index (κ1) is 19.5. The molecule has 152 valence electrons. The van der Waals surface area contributed by atoms with Gasteiger partial charge in [-0.05, 0) is 41.4 Å². The van der Waals surface area contributed by atoms with Crippen LogP contribution in [0.4, 0.5) is 5.69 Å². The van der Waals surface area contributed by atoms with Crippen LogP contribution in [0.1, 0.15) is 49.5 Å². The van der Waals surface area contributed by atoms with E-state index < -0.39 is 5.91 Å². The van der Waals surface area contributed by atoms with E-state index in [2.05, 4.69) is 49.4 Å². The number of primary amides is 1. The van der Waals surface area contributed by atoms with Crippen molar-refractivity contribution in [1.29, 1.82) is 0 Å². The van der Waals surface area contributed by atoms with Gasteiger partial charge in [0.25, 0.3) is 5.91 Å². The molecule has 1 fully saturated rings. The Balaban J connectivity index is 1.79. The Morgan fingerprint density at radius 3 is 2.55 bits per heavy atom. The number of rotatable bonds is 5. The van der Waals surface area contributed by atoms with Crippen molar-refractivity contribution in [1.82, 2.24) is 9.61 Å². The van der Waals surface area contributed by atoms with Gasteiger partial charge in [-0.1, -0.05) is 45.0 Å². The van der Waals surface area contributed by atoms with Gasteiger partial charge in [0.05, 0.1) is 23.0 Å². The average Bonchev–Trinajstić information content (AvgIpc) is 3.24. The molecule has 29 heavy (non-hydrogen) atoms. The van der Waals surface area contributed by atoms with E-state index in [1.165, 1.54) is 0 Å². The molecule has 1 aliphatic rings. The summed E-state index contributed by atoms with van der Waals surface area (Å²) in [6.07, 6.45) is 5.77. The molecular formula is C23H29N5O. The summed E-state index contributed by atoms with van der Waals surface area (Å²) in [4.78, 5) is 12.1. The smallest absolute Gasteiger partial charge is 0.252 e. The number of fused-ring (bicyclic) bond motifs is 1. The van der Waals surface area contributed by atoms with Crippen molar-refractivity contribution in [3.63, 3.8) is 0 Å². The number of nitrogens with zero attached hydrogens (tertiary/aromatic N) is 2.